The van der Waals surface area contributed by atoms with Crippen LogP contribution >= 0.6 is 0 Å². The van der Waals surface area contributed by atoms with Gasteiger partial charge in [0.15, 0.2) is 0 Å². The predicted molar refractivity (Wildman–Crippen MR) is 57.7 cm³/mol. The molecule has 1 aliphatic heterocycles. The summed E-state index contributed by atoms with van der Waals surface area (Å²) in [5.74, 6) is 0. The molecule has 2 rings (SSSR count). The highest BCUT2D eigenvalue weighted by Crippen LogP contribution is 2.30. The van der Waals surface area contributed by atoms with Crippen molar-refractivity contribution in [2.75, 3.05) is 0 Å². The van der Waals surface area contributed by atoms with Gasteiger partial charge in [-0.1, -0.05) is 23.4 Å². The highest BCUT2D eigenvalue weighted by Gasteiger charge is 2.40. The third-order valence-electron chi connectivity index (χ3n) is 2.69. The van der Waals surface area contributed by atoms with E-state index in [0.29, 0.717) is 0 Å². The Labute approximate surface area is 88.4 Å². The van der Waals surface area contributed by atoms with E-state index < -0.39 is 12.7 Å². The summed E-state index contributed by atoms with van der Waals surface area (Å²) in [6.45, 7) is 3.93. The van der Waals surface area contributed by atoms with Gasteiger partial charge in [0.1, 0.15) is 6.54 Å². The van der Waals surface area contributed by atoms with E-state index in [1.807, 2.05) is 19.9 Å². The maximum Gasteiger partial charge on any atom is 0.492 e. The van der Waals surface area contributed by atoms with Gasteiger partial charge in [-0.3, -0.25) is 0 Å². The number of benzene rings is 1. The van der Waals surface area contributed by atoms with Gasteiger partial charge in [0.2, 0.25) is 0 Å². The Hall–Kier alpha value is -1.20. The summed E-state index contributed by atoms with van der Waals surface area (Å²) in [4.78, 5) is 10.2. The molecule has 1 aromatic rings. The van der Waals surface area contributed by atoms with Gasteiger partial charge in [0, 0.05) is 0 Å². The van der Waals surface area contributed by atoms with Crippen LogP contribution < -0.4 is 5.46 Å². The first-order chi connectivity index (χ1) is 7.04. The Morgan fingerprint density at radius 2 is 2.27 bits per heavy atom. The van der Waals surface area contributed by atoms with E-state index in [1.165, 1.54) is 0 Å². The van der Waals surface area contributed by atoms with Crippen molar-refractivity contribution in [3.05, 3.63) is 34.2 Å². The number of rotatable bonds is 2. The van der Waals surface area contributed by atoms with Crippen molar-refractivity contribution in [3.8, 4) is 0 Å². The van der Waals surface area contributed by atoms with Gasteiger partial charge < -0.3 is 9.68 Å². The summed E-state index contributed by atoms with van der Waals surface area (Å²) in [6.07, 6.45) is 0. The third kappa shape index (κ3) is 1.68. The zero-order valence-electron chi connectivity index (χ0n) is 8.73. The van der Waals surface area contributed by atoms with Crippen molar-refractivity contribution in [1.82, 2.24) is 0 Å². The van der Waals surface area contributed by atoms with Gasteiger partial charge >= 0.3 is 7.12 Å². The summed E-state index contributed by atoms with van der Waals surface area (Å²) in [5, 5.41) is 12.5. The molecular weight excluding hydrogens is 193 g/mol. The summed E-state index contributed by atoms with van der Waals surface area (Å²) < 4.78 is 5.40. The average Bonchev–Trinajstić information content (AvgIpc) is 2.38. The lowest BCUT2D eigenvalue weighted by atomic mass is 9.78. The molecule has 1 heterocycles. The van der Waals surface area contributed by atoms with Gasteiger partial charge in [-0.2, -0.15) is 4.91 Å². The summed E-state index contributed by atoms with van der Waals surface area (Å²) in [6, 6.07) is 5.44. The van der Waals surface area contributed by atoms with E-state index in [-0.39, 0.29) is 6.54 Å². The van der Waals surface area contributed by atoms with Crippen LogP contribution in [0.3, 0.4) is 0 Å². The molecular formula is C10H12BNO3. The Morgan fingerprint density at radius 1 is 1.53 bits per heavy atom. The Kier molecular flexibility index (Phi) is 2.36. The molecule has 1 aliphatic rings. The van der Waals surface area contributed by atoms with Crippen LogP contribution in [0.15, 0.2) is 23.4 Å². The molecule has 0 amide bonds. The van der Waals surface area contributed by atoms with Crippen LogP contribution in [0.2, 0.25) is 0 Å². The van der Waals surface area contributed by atoms with E-state index in [9.17, 15) is 9.93 Å². The molecule has 0 fully saturated rings. The molecule has 1 aromatic carbocycles. The monoisotopic (exact) mass is 205 g/mol. The van der Waals surface area contributed by atoms with Crippen LogP contribution in [0.5, 0.6) is 0 Å². The fraction of sp³-hybridized carbons (Fsp3) is 0.400. The first-order valence-electron chi connectivity index (χ1n) is 4.83. The summed E-state index contributed by atoms with van der Waals surface area (Å²) in [7, 11) is -0.867. The lowest BCUT2D eigenvalue weighted by Gasteiger charge is -2.19. The fourth-order valence-electron chi connectivity index (χ4n) is 1.92. The van der Waals surface area contributed by atoms with Crippen molar-refractivity contribution in [2.24, 2.45) is 5.18 Å². The number of nitrogens with zero attached hydrogens (tertiary/aromatic N) is 1. The van der Waals surface area contributed by atoms with Crippen molar-refractivity contribution < 1.29 is 9.68 Å². The van der Waals surface area contributed by atoms with Gasteiger partial charge in [-0.15, -0.1) is 0 Å². The van der Waals surface area contributed by atoms with Crippen LogP contribution in [-0.2, 0) is 16.8 Å². The van der Waals surface area contributed by atoms with Gasteiger partial charge in [0.05, 0.1) is 5.60 Å². The molecule has 5 heteroatoms. The van der Waals surface area contributed by atoms with Crippen LogP contribution in [0.25, 0.3) is 0 Å². The topological polar surface area (TPSA) is 58.9 Å². The minimum Gasteiger partial charge on any atom is -0.423 e. The molecule has 15 heavy (non-hydrogen) atoms. The molecule has 0 saturated heterocycles. The first-order valence-corrected chi connectivity index (χ1v) is 4.83. The first kappa shape index (κ1) is 10.3. The highest BCUT2D eigenvalue weighted by atomic mass is 16.5. The van der Waals surface area contributed by atoms with Crippen LogP contribution in [0.1, 0.15) is 25.0 Å². The molecule has 0 radical (unpaired) electrons. The largest absolute Gasteiger partial charge is 0.492 e. The lowest BCUT2D eigenvalue weighted by Crippen LogP contribution is -2.28. The molecule has 0 atom stereocenters. The second kappa shape index (κ2) is 3.43. The zero-order chi connectivity index (χ0) is 11.1. The standard InChI is InChI=1S/C10H12BNO3/c1-10(2)8-5-7(6-12-14)3-4-9(8)11(13)15-10/h3-5,13H,6H2,1-2H3. The Bertz CT molecular complexity index is 406. The molecule has 78 valence electrons. The molecule has 0 saturated carbocycles. The van der Waals surface area contributed by atoms with Crippen molar-refractivity contribution >= 4 is 12.6 Å². The second-order valence-electron chi connectivity index (χ2n) is 4.19. The van der Waals surface area contributed by atoms with Gasteiger partial charge in [-0.25, -0.2) is 0 Å². The quantitative estimate of drug-likeness (QED) is 0.576. The number of nitroso groups, excluding NO2 is 1. The molecule has 0 spiro atoms. The van der Waals surface area contributed by atoms with E-state index >= 15 is 0 Å². The summed E-state index contributed by atoms with van der Waals surface area (Å²) in [5.41, 5.74) is 2.04. The predicted octanol–water partition coefficient (Wildman–Crippen LogP) is 0.906. The van der Waals surface area contributed by atoms with E-state index in [2.05, 4.69) is 5.18 Å². The van der Waals surface area contributed by atoms with Crippen molar-refractivity contribution in [3.63, 3.8) is 0 Å². The SMILES string of the molecule is CC1(C)OB(O)c2ccc(CN=O)cc21. The molecule has 0 aromatic heterocycles. The fourth-order valence-corrected chi connectivity index (χ4v) is 1.92. The minimum atomic E-state index is -0.867. The Morgan fingerprint density at radius 3 is 2.93 bits per heavy atom. The van der Waals surface area contributed by atoms with Crippen molar-refractivity contribution in [1.29, 1.82) is 0 Å². The minimum absolute atomic E-state index is 0.152. The third-order valence-corrected chi connectivity index (χ3v) is 2.69. The van der Waals surface area contributed by atoms with Gasteiger partial charge in [0.25, 0.3) is 0 Å². The van der Waals surface area contributed by atoms with E-state index in [0.717, 1.165) is 16.6 Å². The molecule has 4 nitrogen and oxygen atoms in total. The molecule has 1 N–H and O–H groups in total. The molecule has 0 unspecified atom stereocenters. The van der Waals surface area contributed by atoms with Crippen LogP contribution in [0.4, 0.5) is 0 Å². The van der Waals surface area contributed by atoms with E-state index in [1.54, 1.807) is 12.1 Å². The lowest BCUT2D eigenvalue weighted by molar-refractivity contribution is 0.101. The zero-order valence-corrected chi connectivity index (χ0v) is 8.73. The second-order valence-corrected chi connectivity index (χ2v) is 4.19. The number of hydrogen-bond acceptors (Lipinski definition) is 4. The normalized spacial score (nSPS) is 17.7. The Balaban J connectivity index is 2.47. The molecule has 0 bridgehead atoms. The van der Waals surface area contributed by atoms with E-state index in [4.69, 9.17) is 4.65 Å². The number of fused-ring (bicyclic) bond motifs is 1. The molecule has 0 aliphatic carbocycles. The highest BCUT2D eigenvalue weighted by molar-refractivity contribution is 6.61. The average molecular weight is 205 g/mol. The number of hydrogen-bond donors (Lipinski definition) is 1. The smallest absolute Gasteiger partial charge is 0.423 e. The maximum atomic E-state index is 10.2. The maximum absolute atomic E-state index is 10.2. The summed E-state index contributed by atoms with van der Waals surface area (Å²) >= 11 is 0. The van der Waals surface area contributed by atoms with Gasteiger partial charge in [-0.05, 0) is 30.4 Å². The van der Waals surface area contributed by atoms with Crippen molar-refractivity contribution in [2.45, 2.75) is 26.0 Å². The van der Waals surface area contributed by atoms with Crippen LogP contribution in [-0.4, -0.2) is 12.1 Å². The van der Waals surface area contributed by atoms with Crippen LogP contribution in [0, 0.1) is 4.91 Å².